The predicted octanol–water partition coefficient (Wildman–Crippen LogP) is 5.28. The predicted molar refractivity (Wildman–Crippen MR) is 152 cm³/mol. The molecule has 7 nitrogen and oxygen atoms in total. The number of carbonyl (C=O) groups excluding carboxylic acids is 2. The van der Waals surface area contributed by atoms with Crippen LogP contribution in [0.2, 0.25) is 10.0 Å². The van der Waals surface area contributed by atoms with Crippen LogP contribution in [0, 0.1) is 20.8 Å². The van der Waals surface area contributed by atoms with Crippen LogP contribution in [0.15, 0.2) is 65.6 Å². The van der Waals surface area contributed by atoms with Crippen LogP contribution < -0.4 is 9.62 Å². The molecular formula is C28H31Cl2N3O4S. The summed E-state index contributed by atoms with van der Waals surface area (Å²) < 4.78 is 28.9. The largest absolute Gasteiger partial charge is 0.357 e. The molecule has 0 saturated heterocycles. The maximum atomic E-state index is 13.9. The van der Waals surface area contributed by atoms with E-state index in [4.69, 9.17) is 23.2 Å². The molecule has 0 aliphatic rings. The fraction of sp³-hybridized carbons (Fsp3) is 0.286. The molecule has 10 heteroatoms. The fourth-order valence-corrected chi connectivity index (χ4v) is 6.02. The number of anilines is 1. The third-order valence-electron chi connectivity index (χ3n) is 6.19. The number of carbonyl (C=O) groups is 2. The normalized spacial score (nSPS) is 12.1. The van der Waals surface area contributed by atoms with Crippen LogP contribution in [0.25, 0.3) is 0 Å². The Bertz CT molecular complexity index is 1400. The number of rotatable bonds is 9. The second-order valence-electron chi connectivity index (χ2n) is 9.18. The van der Waals surface area contributed by atoms with Gasteiger partial charge in [-0.25, -0.2) is 8.42 Å². The number of nitrogens with zero attached hydrogens (tertiary/aromatic N) is 2. The topological polar surface area (TPSA) is 86.8 Å². The number of likely N-dealkylation sites (N-methyl/N-ethyl adjacent to an activating group) is 1. The molecule has 0 heterocycles. The standard InChI is InChI=1S/C28H31Cl2N3O4S/c1-18-9-11-23(12-10-18)38(36,37)33(22-14-19(2)13-20(3)15-22)17-27(34)32(21(4)28(35)31-5)16-24-25(29)7-6-8-26(24)30/h6-15,21H,16-17H2,1-5H3,(H,31,35). The van der Waals surface area contributed by atoms with Gasteiger partial charge in [-0.2, -0.15) is 0 Å². The van der Waals surface area contributed by atoms with E-state index >= 15 is 0 Å². The van der Waals surface area contributed by atoms with Gasteiger partial charge in [-0.3, -0.25) is 13.9 Å². The second kappa shape index (κ2) is 12.2. The van der Waals surface area contributed by atoms with E-state index in [0.717, 1.165) is 21.0 Å². The first-order valence-corrected chi connectivity index (χ1v) is 14.2. The second-order valence-corrected chi connectivity index (χ2v) is 11.9. The molecule has 1 unspecified atom stereocenters. The van der Waals surface area contributed by atoms with Gasteiger partial charge in [0, 0.05) is 29.2 Å². The maximum absolute atomic E-state index is 13.9. The molecule has 3 aromatic carbocycles. The van der Waals surface area contributed by atoms with Gasteiger partial charge in [0.25, 0.3) is 10.0 Å². The van der Waals surface area contributed by atoms with Gasteiger partial charge in [0.1, 0.15) is 12.6 Å². The van der Waals surface area contributed by atoms with Gasteiger partial charge < -0.3 is 10.2 Å². The smallest absolute Gasteiger partial charge is 0.264 e. The summed E-state index contributed by atoms with van der Waals surface area (Å²) in [5.41, 5.74) is 3.39. The number of sulfonamides is 1. The van der Waals surface area contributed by atoms with Crippen molar-refractivity contribution in [3.05, 3.63) is 93.0 Å². The highest BCUT2D eigenvalue weighted by atomic mass is 35.5. The molecule has 1 N–H and O–H groups in total. The maximum Gasteiger partial charge on any atom is 0.264 e. The van der Waals surface area contributed by atoms with E-state index in [-0.39, 0.29) is 11.4 Å². The molecule has 2 amide bonds. The molecule has 0 saturated carbocycles. The molecule has 0 spiro atoms. The molecule has 38 heavy (non-hydrogen) atoms. The van der Waals surface area contributed by atoms with Crippen molar-refractivity contribution in [2.24, 2.45) is 0 Å². The Kier molecular flexibility index (Phi) is 9.46. The van der Waals surface area contributed by atoms with Crippen LogP contribution in [0.5, 0.6) is 0 Å². The summed E-state index contributed by atoms with van der Waals surface area (Å²) in [5.74, 6) is -1.01. The first kappa shape index (κ1) is 29.5. The highest BCUT2D eigenvalue weighted by Gasteiger charge is 2.33. The Morgan fingerprint density at radius 2 is 1.45 bits per heavy atom. The quantitative estimate of drug-likeness (QED) is 0.376. The van der Waals surface area contributed by atoms with E-state index in [9.17, 15) is 18.0 Å². The summed E-state index contributed by atoms with van der Waals surface area (Å²) in [6.45, 7) is 6.51. The molecule has 0 radical (unpaired) electrons. The Labute approximate surface area is 234 Å². The fourth-order valence-electron chi connectivity index (χ4n) is 4.11. The lowest BCUT2D eigenvalue weighted by molar-refractivity contribution is -0.139. The Morgan fingerprint density at radius 1 is 0.895 bits per heavy atom. The monoisotopic (exact) mass is 575 g/mol. The number of hydrogen-bond acceptors (Lipinski definition) is 4. The van der Waals surface area contributed by atoms with Crippen LogP contribution in [0.1, 0.15) is 29.2 Å². The minimum atomic E-state index is -4.14. The van der Waals surface area contributed by atoms with Gasteiger partial charge in [0.2, 0.25) is 11.8 Å². The zero-order chi connectivity index (χ0) is 28.2. The van der Waals surface area contributed by atoms with Crippen LogP contribution in [-0.4, -0.2) is 44.8 Å². The number of halogens is 2. The molecule has 0 fully saturated rings. The molecule has 202 valence electrons. The van der Waals surface area contributed by atoms with Crippen molar-refractivity contribution in [2.75, 3.05) is 17.9 Å². The Balaban J connectivity index is 2.10. The summed E-state index contributed by atoms with van der Waals surface area (Å²) >= 11 is 12.7. The molecule has 0 bridgehead atoms. The molecule has 0 aliphatic heterocycles. The summed E-state index contributed by atoms with van der Waals surface area (Å²) in [6.07, 6.45) is 0. The van der Waals surface area contributed by atoms with Crippen LogP contribution in [0.3, 0.4) is 0 Å². The van der Waals surface area contributed by atoms with Gasteiger partial charge in [-0.05, 0) is 75.2 Å². The molecular weight excluding hydrogens is 545 g/mol. The van der Waals surface area contributed by atoms with Crippen molar-refractivity contribution in [3.63, 3.8) is 0 Å². The third-order valence-corrected chi connectivity index (χ3v) is 8.68. The van der Waals surface area contributed by atoms with Gasteiger partial charge in [-0.1, -0.05) is 53.0 Å². The van der Waals surface area contributed by atoms with Crippen molar-refractivity contribution in [3.8, 4) is 0 Å². The van der Waals surface area contributed by atoms with Gasteiger partial charge >= 0.3 is 0 Å². The lowest BCUT2D eigenvalue weighted by Gasteiger charge is -2.32. The summed E-state index contributed by atoms with van der Waals surface area (Å²) in [4.78, 5) is 27.8. The van der Waals surface area contributed by atoms with Gasteiger partial charge in [0.05, 0.1) is 10.6 Å². The van der Waals surface area contributed by atoms with Crippen molar-refractivity contribution in [1.29, 1.82) is 0 Å². The van der Waals surface area contributed by atoms with Crippen molar-refractivity contribution < 1.29 is 18.0 Å². The average Bonchev–Trinajstić information content (AvgIpc) is 2.85. The van der Waals surface area contributed by atoms with Crippen molar-refractivity contribution in [2.45, 2.75) is 45.2 Å². The van der Waals surface area contributed by atoms with E-state index in [1.807, 2.05) is 26.8 Å². The summed E-state index contributed by atoms with van der Waals surface area (Å²) in [6, 6.07) is 15.8. The van der Waals surface area contributed by atoms with Crippen molar-refractivity contribution in [1.82, 2.24) is 10.2 Å². The van der Waals surface area contributed by atoms with E-state index in [2.05, 4.69) is 5.32 Å². The number of nitrogens with one attached hydrogen (secondary N) is 1. The minimum Gasteiger partial charge on any atom is -0.357 e. The first-order valence-electron chi connectivity index (χ1n) is 12.0. The van der Waals surface area contributed by atoms with E-state index in [0.29, 0.717) is 21.3 Å². The number of aryl methyl sites for hydroxylation is 3. The molecule has 3 rings (SSSR count). The van der Waals surface area contributed by atoms with E-state index in [1.54, 1.807) is 49.4 Å². The average molecular weight is 577 g/mol. The van der Waals surface area contributed by atoms with Crippen LogP contribution >= 0.6 is 23.2 Å². The minimum absolute atomic E-state index is 0.0510. The number of benzene rings is 3. The lowest BCUT2D eigenvalue weighted by Crippen LogP contribution is -2.50. The van der Waals surface area contributed by atoms with Crippen molar-refractivity contribution >= 4 is 50.7 Å². The Morgan fingerprint density at radius 3 is 1.97 bits per heavy atom. The highest BCUT2D eigenvalue weighted by Crippen LogP contribution is 2.29. The third kappa shape index (κ3) is 6.67. The molecule has 1 atom stereocenters. The van der Waals surface area contributed by atoms with Crippen LogP contribution in [-0.2, 0) is 26.2 Å². The SMILES string of the molecule is CNC(=O)C(C)N(Cc1c(Cl)cccc1Cl)C(=O)CN(c1cc(C)cc(C)c1)S(=O)(=O)c1ccc(C)cc1. The Hall–Kier alpha value is -3.07. The highest BCUT2D eigenvalue weighted by molar-refractivity contribution is 7.92. The summed E-state index contributed by atoms with van der Waals surface area (Å²) in [5, 5.41) is 3.21. The number of amides is 2. The van der Waals surface area contributed by atoms with Gasteiger partial charge in [0.15, 0.2) is 0 Å². The lowest BCUT2D eigenvalue weighted by atomic mass is 10.1. The zero-order valence-electron chi connectivity index (χ0n) is 22.0. The molecule has 3 aromatic rings. The first-order chi connectivity index (χ1) is 17.8. The summed E-state index contributed by atoms with van der Waals surface area (Å²) in [7, 11) is -2.67. The molecule has 0 aliphatic carbocycles. The number of hydrogen-bond donors (Lipinski definition) is 1. The van der Waals surface area contributed by atoms with E-state index < -0.39 is 34.4 Å². The van der Waals surface area contributed by atoms with Gasteiger partial charge in [-0.15, -0.1) is 0 Å². The van der Waals surface area contributed by atoms with Crippen LogP contribution in [0.4, 0.5) is 5.69 Å². The molecule has 0 aromatic heterocycles. The van der Waals surface area contributed by atoms with E-state index in [1.165, 1.54) is 24.1 Å². The zero-order valence-corrected chi connectivity index (χ0v) is 24.3.